The second kappa shape index (κ2) is 8.91. The zero-order valence-electron chi connectivity index (χ0n) is 15.2. The molecule has 0 radical (unpaired) electrons. The third kappa shape index (κ3) is 4.80. The van der Waals surface area contributed by atoms with Crippen LogP contribution in [0.1, 0.15) is 46.0 Å². The molecule has 140 valence electrons. The van der Waals surface area contributed by atoms with Gasteiger partial charge in [-0.3, -0.25) is 4.79 Å². The first-order valence-corrected chi connectivity index (χ1v) is 10.4. The fraction of sp³-hybridized carbons (Fsp3) is 0.526. The molecular weight excluding hydrogens is 370 g/mol. The highest BCUT2D eigenvalue weighted by atomic mass is 35.5. The molecule has 1 heterocycles. The van der Waals surface area contributed by atoms with Gasteiger partial charge in [0.05, 0.1) is 5.75 Å². The van der Waals surface area contributed by atoms with E-state index in [1.54, 1.807) is 12.1 Å². The SMILES string of the molecule is CC(C)N(C(=O)CSc1nnc(-c2cccc(Cl)c2)o1)C1CCCCC1. The summed E-state index contributed by atoms with van der Waals surface area (Å²) in [5.41, 5.74) is 0.772. The van der Waals surface area contributed by atoms with Crippen LogP contribution in [0.25, 0.3) is 11.5 Å². The van der Waals surface area contributed by atoms with Crippen LogP contribution in [0.5, 0.6) is 0 Å². The van der Waals surface area contributed by atoms with Crippen molar-refractivity contribution in [2.75, 3.05) is 5.75 Å². The van der Waals surface area contributed by atoms with Gasteiger partial charge >= 0.3 is 0 Å². The van der Waals surface area contributed by atoms with E-state index in [-0.39, 0.29) is 11.9 Å². The molecule has 0 saturated heterocycles. The van der Waals surface area contributed by atoms with Gasteiger partial charge in [0, 0.05) is 22.7 Å². The molecular formula is C19H24ClN3O2S. The van der Waals surface area contributed by atoms with Crippen LogP contribution in [-0.2, 0) is 4.79 Å². The van der Waals surface area contributed by atoms with Crippen LogP contribution in [0.15, 0.2) is 33.9 Å². The van der Waals surface area contributed by atoms with Gasteiger partial charge in [-0.15, -0.1) is 10.2 Å². The number of rotatable bonds is 6. The average Bonchev–Trinajstić information content (AvgIpc) is 3.10. The number of carbonyl (C=O) groups excluding carboxylic acids is 1. The van der Waals surface area contributed by atoms with E-state index in [2.05, 4.69) is 24.0 Å². The number of hydrogen-bond donors (Lipinski definition) is 0. The summed E-state index contributed by atoms with van der Waals surface area (Å²) in [7, 11) is 0. The summed E-state index contributed by atoms with van der Waals surface area (Å²) >= 11 is 7.29. The van der Waals surface area contributed by atoms with Crippen molar-refractivity contribution in [3.8, 4) is 11.5 Å². The van der Waals surface area contributed by atoms with Crippen LogP contribution in [0.4, 0.5) is 0 Å². The van der Waals surface area contributed by atoms with Gasteiger partial charge in [0.25, 0.3) is 5.22 Å². The molecule has 26 heavy (non-hydrogen) atoms. The number of benzene rings is 1. The molecule has 3 rings (SSSR count). The Morgan fingerprint density at radius 3 is 2.77 bits per heavy atom. The van der Waals surface area contributed by atoms with Crippen LogP contribution >= 0.6 is 23.4 Å². The lowest BCUT2D eigenvalue weighted by Gasteiger charge is -2.37. The first-order chi connectivity index (χ1) is 12.5. The molecule has 1 saturated carbocycles. The second-order valence-electron chi connectivity index (χ2n) is 6.86. The molecule has 7 heteroatoms. The number of thioether (sulfide) groups is 1. The number of nitrogens with zero attached hydrogens (tertiary/aromatic N) is 3. The number of amides is 1. The van der Waals surface area contributed by atoms with Gasteiger partial charge in [-0.1, -0.05) is 48.7 Å². The van der Waals surface area contributed by atoms with Gasteiger partial charge in [-0.05, 0) is 44.9 Å². The lowest BCUT2D eigenvalue weighted by atomic mass is 9.93. The fourth-order valence-corrected chi connectivity index (χ4v) is 4.30. The molecule has 1 amide bonds. The molecule has 0 N–H and O–H groups in total. The third-order valence-electron chi connectivity index (χ3n) is 4.61. The maximum absolute atomic E-state index is 12.8. The van der Waals surface area contributed by atoms with Crippen molar-refractivity contribution in [2.45, 2.75) is 63.3 Å². The van der Waals surface area contributed by atoms with Crippen molar-refractivity contribution in [1.82, 2.24) is 15.1 Å². The monoisotopic (exact) mass is 393 g/mol. The summed E-state index contributed by atoms with van der Waals surface area (Å²) in [5.74, 6) is 0.862. The minimum absolute atomic E-state index is 0.138. The predicted molar refractivity (Wildman–Crippen MR) is 104 cm³/mol. The second-order valence-corrected chi connectivity index (χ2v) is 8.22. The molecule has 2 aromatic rings. The van der Waals surface area contributed by atoms with Gasteiger partial charge in [-0.2, -0.15) is 0 Å². The van der Waals surface area contributed by atoms with E-state index in [9.17, 15) is 4.79 Å². The first kappa shape index (κ1) is 19.2. The summed E-state index contributed by atoms with van der Waals surface area (Å²) in [6, 6.07) is 7.84. The molecule has 0 aliphatic heterocycles. The van der Waals surface area contributed by atoms with Gasteiger partial charge in [-0.25, -0.2) is 0 Å². The molecule has 0 bridgehead atoms. The van der Waals surface area contributed by atoms with Crippen molar-refractivity contribution in [3.05, 3.63) is 29.3 Å². The molecule has 1 fully saturated rings. The van der Waals surface area contributed by atoms with Crippen LogP contribution < -0.4 is 0 Å². The van der Waals surface area contributed by atoms with Gasteiger partial charge < -0.3 is 9.32 Å². The van der Waals surface area contributed by atoms with Gasteiger partial charge in [0.1, 0.15) is 0 Å². The average molecular weight is 394 g/mol. The summed E-state index contributed by atoms with van der Waals surface area (Å²) < 4.78 is 5.67. The van der Waals surface area contributed by atoms with Crippen molar-refractivity contribution >= 4 is 29.3 Å². The highest BCUT2D eigenvalue weighted by molar-refractivity contribution is 7.99. The molecule has 0 spiro atoms. The Kier molecular flexibility index (Phi) is 6.59. The molecule has 0 atom stereocenters. The van der Waals surface area contributed by atoms with Crippen LogP contribution in [0, 0.1) is 0 Å². The van der Waals surface area contributed by atoms with E-state index in [0.29, 0.717) is 27.9 Å². The van der Waals surface area contributed by atoms with Crippen molar-refractivity contribution in [3.63, 3.8) is 0 Å². The summed E-state index contributed by atoms with van der Waals surface area (Å²) in [6.07, 6.45) is 5.91. The number of hydrogen-bond acceptors (Lipinski definition) is 5. The topological polar surface area (TPSA) is 59.2 Å². The zero-order valence-corrected chi connectivity index (χ0v) is 16.7. The lowest BCUT2D eigenvalue weighted by Crippen LogP contribution is -2.46. The normalized spacial score (nSPS) is 15.4. The van der Waals surface area contributed by atoms with E-state index < -0.39 is 0 Å². The Hall–Kier alpha value is -1.53. The Labute approximate surface area is 163 Å². The quantitative estimate of drug-likeness (QED) is 0.642. The van der Waals surface area contributed by atoms with E-state index in [0.717, 1.165) is 18.4 Å². The van der Waals surface area contributed by atoms with Crippen LogP contribution in [0.2, 0.25) is 5.02 Å². The zero-order chi connectivity index (χ0) is 18.5. The number of halogens is 1. The molecule has 1 aliphatic rings. The van der Waals surface area contributed by atoms with Crippen molar-refractivity contribution < 1.29 is 9.21 Å². The van der Waals surface area contributed by atoms with E-state index in [4.69, 9.17) is 16.0 Å². The number of aromatic nitrogens is 2. The minimum atomic E-state index is 0.138. The molecule has 1 aromatic carbocycles. The fourth-order valence-electron chi connectivity index (χ4n) is 3.48. The van der Waals surface area contributed by atoms with Crippen molar-refractivity contribution in [2.24, 2.45) is 0 Å². The maximum atomic E-state index is 12.8. The Morgan fingerprint density at radius 2 is 2.08 bits per heavy atom. The van der Waals surface area contributed by atoms with Crippen molar-refractivity contribution in [1.29, 1.82) is 0 Å². The van der Waals surface area contributed by atoms with Crippen LogP contribution in [-0.4, -0.2) is 38.8 Å². The Balaban J connectivity index is 1.61. The third-order valence-corrected chi connectivity index (χ3v) is 5.65. The molecule has 1 aromatic heterocycles. The predicted octanol–water partition coefficient (Wildman–Crippen LogP) is 5.05. The number of carbonyl (C=O) groups is 1. The van der Waals surface area contributed by atoms with E-state index in [1.165, 1.54) is 31.0 Å². The summed E-state index contributed by atoms with van der Waals surface area (Å²) in [5, 5.41) is 9.12. The highest BCUT2D eigenvalue weighted by Crippen LogP contribution is 2.28. The van der Waals surface area contributed by atoms with E-state index >= 15 is 0 Å². The van der Waals surface area contributed by atoms with Gasteiger partial charge in [0.15, 0.2) is 0 Å². The van der Waals surface area contributed by atoms with Crippen LogP contribution in [0.3, 0.4) is 0 Å². The smallest absolute Gasteiger partial charge is 0.277 e. The largest absolute Gasteiger partial charge is 0.411 e. The maximum Gasteiger partial charge on any atom is 0.277 e. The Morgan fingerprint density at radius 1 is 1.31 bits per heavy atom. The molecule has 5 nitrogen and oxygen atoms in total. The van der Waals surface area contributed by atoms with Gasteiger partial charge in [0.2, 0.25) is 11.8 Å². The lowest BCUT2D eigenvalue weighted by molar-refractivity contribution is -0.133. The molecule has 1 aliphatic carbocycles. The summed E-state index contributed by atoms with van der Waals surface area (Å²) in [6.45, 7) is 4.17. The standard InChI is InChI=1S/C19H24ClN3O2S/c1-13(2)23(16-9-4-3-5-10-16)17(24)12-26-19-22-21-18(25-19)14-7-6-8-15(20)11-14/h6-8,11,13,16H,3-5,9-10,12H2,1-2H3. The summed E-state index contributed by atoms with van der Waals surface area (Å²) in [4.78, 5) is 14.8. The van der Waals surface area contributed by atoms with E-state index in [1.807, 2.05) is 17.0 Å². The minimum Gasteiger partial charge on any atom is -0.411 e. The Bertz CT molecular complexity index is 744. The highest BCUT2D eigenvalue weighted by Gasteiger charge is 2.27. The first-order valence-electron chi connectivity index (χ1n) is 9.08. The molecule has 0 unspecified atom stereocenters.